The van der Waals surface area contributed by atoms with Gasteiger partial charge >= 0.3 is 0 Å². The van der Waals surface area contributed by atoms with Gasteiger partial charge in [-0.15, -0.1) is 0 Å². The third-order valence-electron chi connectivity index (χ3n) is 6.20. The molecule has 11 heteroatoms. The lowest BCUT2D eigenvalue weighted by Crippen LogP contribution is -2.51. The van der Waals surface area contributed by atoms with Gasteiger partial charge in [0.1, 0.15) is 18.3 Å². The summed E-state index contributed by atoms with van der Waals surface area (Å²) in [5.41, 5.74) is 1.72. The number of ether oxygens (including phenoxy) is 1. The Hall–Kier alpha value is -3.27. The second-order valence-electron chi connectivity index (χ2n) is 9.08. The molecule has 0 aromatic heterocycles. The van der Waals surface area contributed by atoms with E-state index in [1.54, 1.807) is 68.4 Å². The minimum absolute atomic E-state index is 0.0313. The molecule has 1 N–H and O–H groups in total. The average molecular weight is 607 g/mol. The van der Waals surface area contributed by atoms with Crippen molar-refractivity contribution < 1.29 is 22.7 Å². The Bertz CT molecular complexity index is 1430. The minimum Gasteiger partial charge on any atom is -0.494 e. The van der Waals surface area contributed by atoms with Gasteiger partial charge in [-0.3, -0.25) is 13.9 Å². The first-order chi connectivity index (χ1) is 19.0. The molecule has 8 nitrogen and oxygen atoms in total. The molecule has 0 aliphatic carbocycles. The van der Waals surface area contributed by atoms with Gasteiger partial charge in [0.25, 0.3) is 10.0 Å². The van der Waals surface area contributed by atoms with Crippen molar-refractivity contribution in [1.82, 2.24) is 10.2 Å². The fourth-order valence-corrected chi connectivity index (χ4v) is 5.86. The maximum atomic E-state index is 13.9. The Balaban J connectivity index is 2.05. The lowest BCUT2D eigenvalue weighted by Gasteiger charge is -2.32. The first kappa shape index (κ1) is 31.3. The van der Waals surface area contributed by atoms with Crippen molar-refractivity contribution in [2.75, 3.05) is 24.0 Å². The van der Waals surface area contributed by atoms with Crippen molar-refractivity contribution in [3.63, 3.8) is 0 Å². The molecule has 1 unspecified atom stereocenters. The summed E-state index contributed by atoms with van der Waals surface area (Å²) in [5, 5.41) is 3.47. The smallest absolute Gasteiger partial charge is 0.264 e. The molecule has 0 radical (unpaired) electrons. The standard InChI is InChI=1S/C29H33Cl2N3O5S/c1-5-32-29(36)21(4)33(18-22-9-10-23(30)17-27(22)31)28(35)19-34(24-11-13-25(14-12-24)39-6-2)40(37,38)26-15-7-20(3)8-16-26/h7-17,21H,5-6,18-19H2,1-4H3,(H,32,36). The number of aryl methyl sites for hydroxylation is 1. The van der Waals surface area contributed by atoms with Gasteiger partial charge < -0.3 is 15.0 Å². The van der Waals surface area contributed by atoms with Gasteiger partial charge in [-0.05, 0) is 81.8 Å². The van der Waals surface area contributed by atoms with E-state index in [0.717, 1.165) is 9.87 Å². The zero-order valence-corrected chi connectivity index (χ0v) is 25.2. The normalized spacial score (nSPS) is 11.9. The highest BCUT2D eigenvalue weighted by Crippen LogP contribution is 2.28. The van der Waals surface area contributed by atoms with E-state index >= 15 is 0 Å². The molecule has 0 saturated heterocycles. The molecule has 2 amide bonds. The molecule has 3 aromatic rings. The first-order valence-corrected chi connectivity index (χ1v) is 15.0. The van der Waals surface area contributed by atoms with Crippen LogP contribution in [0.15, 0.2) is 71.6 Å². The SMILES string of the molecule is CCNC(=O)C(C)N(Cc1ccc(Cl)cc1Cl)C(=O)CN(c1ccc(OCC)cc1)S(=O)(=O)c1ccc(C)cc1. The summed E-state index contributed by atoms with van der Waals surface area (Å²) in [5.74, 6) is -0.404. The number of carbonyl (C=O) groups is 2. The zero-order valence-electron chi connectivity index (χ0n) is 22.9. The van der Waals surface area contributed by atoms with Crippen LogP contribution in [0.5, 0.6) is 5.75 Å². The number of rotatable bonds is 12. The van der Waals surface area contributed by atoms with Crippen LogP contribution in [0.2, 0.25) is 10.0 Å². The summed E-state index contributed by atoms with van der Waals surface area (Å²) in [4.78, 5) is 28.1. The highest BCUT2D eigenvalue weighted by Gasteiger charge is 2.32. The maximum absolute atomic E-state index is 13.9. The predicted molar refractivity (Wildman–Crippen MR) is 158 cm³/mol. The van der Waals surface area contributed by atoms with Crippen LogP contribution in [-0.4, -0.2) is 50.9 Å². The molecule has 0 aliphatic heterocycles. The van der Waals surface area contributed by atoms with Crippen LogP contribution in [0.25, 0.3) is 0 Å². The van der Waals surface area contributed by atoms with Crippen LogP contribution in [0.1, 0.15) is 31.9 Å². The molecule has 0 spiro atoms. The Morgan fingerprint density at radius 3 is 2.20 bits per heavy atom. The van der Waals surface area contributed by atoms with E-state index in [-0.39, 0.29) is 23.0 Å². The number of nitrogens with zero attached hydrogens (tertiary/aromatic N) is 2. The minimum atomic E-state index is -4.17. The van der Waals surface area contributed by atoms with Crippen LogP contribution in [-0.2, 0) is 26.2 Å². The van der Waals surface area contributed by atoms with Gasteiger partial charge in [-0.1, -0.05) is 47.0 Å². The molecule has 0 bridgehead atoms. The number of hydrogen-bond acceptors (Lipinski definition) is 5. The average Bonchev–Trinajstić information content (AvgIpc) is 2.92. The van der Waals surface area contributed by atoms with Crippen LogP contribution >= 0.6 is 23.2 Å². The second kappa shape index (κ2) is 13.9. The summed E-state index contributed by atoms with van der Waals surface area (Å²) in [6.45, 7) is 7.28. The van der Waals surface area contributed by atoms with Crippen molar-refractivity contribution in [2.45, 2.75) is 45.2 Å². The molecule has 0 heterocycles. The number of halogens is 2. The third-order valence-corrected chi connectivity index (χ3v) is 8.57. The van der Waals surface area contributed by atoms with Crippen molar-refractivity contribution in [2.24, 2.45) is 0 Å². The number of carbonyl (C=O) groups excluding carboxylic acids is 2. The van der Waals surface area contributed by atoms with Crippen molar-refractivity contribution >= 4 is 50.7 Å². The number of benzene rings is 3. The number of nitrogens with one attached hydrogen (secondary N) is 1. The predicted octanol–water partition coefficient (Wildman–Crippen LogP) is 5.45. The molecule has 0 aliphatic rings. The molecular formula is C29H33Cl2N3O5S. The lowest BCUT2D eigenvalue weighted by atomic mass is 10.1. The molecule has 1 atom stereocenters. The number of likely N-dealkylation sites (N-methyl/N-ethyl adjacent to an activating group) is 1. The Kier molecular flexibility index (Phi) is 10.8. The van der Waals surface area contributed by atoms with Crippen LogP contribution in [0.3, 0.4) is 0 Å². The molecule has 3 aromatic carbocycles. The molecule has 3 rings (SSSR count). The first-order valence-electron chi connectivity index (χ1n) is 12.8. The molecule has 214 valence electrons. The monoisotopic (exact) mass is 605 g/mol. The second-order valence-corrected chi connectivity index (χ2v) is 11.8. The van der Waals surface area contributed by atoms with Crippen molar-refractivity contribution in [3.8, 4) is 5.75 Å². The fourth-order valence-electron chi connectivity index (χ4n) is 3.98. The van der Waals surface area contributed by atoms with Gasteiger partial charge in [-0.25, -0.2) is 8.42 Å². The Morgan fingerprint density at radius 1 is 0.975 bits per heavy atom. The zero-order chi connectivity index (χ0) is 29.4. The summed E-state index contributed by atoms with van der Waals surface area (Å²) >= 11 is 12.4. The Labute approximate surface area is 245 Å². The van der Waals surface area contributed by atoms with Crippen LogP contribution < -0.4 is 14.4 Å². The molecular weight excluding hydrogens is 573 g/mol. The quantitative estimate of drug-likeness (QED) is 0.296. The van der Waals surface area contributed by atoms with Gasteiger partial charge in [0.2, 0.25) is 11.8 Å². The fraction of sp³-hybridized carbons (Fsp3) is 0.310. The van der Waals surface area contributed by atoms with E-state index in [1.807, 2.05) is 13.8 Å². The number of amides is 2. The summed E-state index contributed by atoms with van der Waals surface area (Å²) in [6.07, 6.45) is 0. The van der Waals surface area contributed by atoms with E-state index in [0.29, 0.717) is 34.5 Å². The van der Waals surface area contributed by atoms with Crippen LogP contribution in [0, 0.1) is 6.92 Å². The molecule has 40 heavy (non-hydrogen) atoms. The van der Waals surface area contributed by atoms with E-state index in [1.165, 1.54) is 17.0 Å². The summed E-state index contributed by atoms with van der Waals surface area (Å²) in [6, 6.07) is 16.8. The molecule has 0 fully saturated rings. The van der Waals surface area contributed by atoms with E-state index in [9.17, 15) is 18.0 Å². The van der Waals surface area contributed by atoms with Crippen molar-refractivity contribution in [3.05, 3.63) is 87.9 Å². The highest BCUT2D eigenvalue weighted by atomic mass is 35.5. The largest absolute Gasteiger partial charge is 0.494 e. The lowest BCUT2D eigenvalue weighted by molar-refractivity contribution is -0.139. The number of anilines is 1. The van der Waals surface area contributed by atoms with Gasteiger partial charge in [0.15, 0.2) is 0 Å². The Morgan fingerprint density at radius 2 is 1.62 bits per heavy atom. The van der Waals surface area contributed by atoms with E-state index < -0.39 is 28.5 Å². The summed E-state index contributed by atoms with van der Waals surface area (Å²) in [7, 11) is -4.17. The summed E-state index contributed by atoms with van der Waals surface area (Å²) < 4.78 is 34.3. The molecule has 0 saturated carbocycles. The maximum Gasteiger partial charge on any atom is 0.264 e. The third kappa shape index (κ3) is 7.68. The van der Waals surface area contributed by atoms with Gasteiger partial charge in [-0.2, -0.15) is 0 Å². The van der Waals surface area contributed by atoms with Crippen molar-refractivity contribution in [1.29, 1.82) is 0 Å². The van der Waals surface area contributed by atoms with Gasteiger partial charge in [0.05, 0.1) is 17.2 Å². The highest BCUT2D eigenvalue weighted by molar-refractivity contribution is 7.92. The number of sulfonamides is 1. The van der Waals surface area contributed by atoms with Gasteiger partial charge in [0, 0.05) is 23.1 Å². The van der Waals surface area contributed by atoms with E-state index in [2.05, 4.69) is 5.32 Å². The van der Waals surface area contributed by atoms with E-state index in [4.69, 9.17) is 27.9 Å². The number of hydrogen-bond donors (Lipinski definition) is 1. The van der Waals surface area contributed by atoms with Crippen LogP contribution in [0.4, 0.5) is 5.69 Å². The topological polar surface area (TPSA) is 96.0 Å².